The second-order valence-electron chi connectivity index (χ2n) is 5.27. The molecular weight excluding hydrogens is 407 g/mol. The van der Waals surface area contributed by atoms with E-state index >= 15 is 0 Å². The Balaban J connectivity index is 1.69. The fraction of sp³-hybridized carbons (Fsp3) is 0. The zero-order valence-electron chi connectivity index (χ0n) is 12.6. The first kappa shape index (κ1) is 16.0. The van der Waals surface area contributed by atoms with Gasteiger partial charge in [0.1, 0.15) is 11.4 Å². The molecule has 2 aromatic carbocycles. The van der Waals surface area contributed by atoms with Crippen LogP contribution in [0, 0.1) is 5.82 Å². The minimum Gasteiger partial charge on any atom is -0.422 e. The van der Waals surface area contributed by atoms with Crippen molar-refractivity contribution in [3.63, 3.8) is 0 Å². The summed E-state index contributed by atoms with van der Waals surface area (Å²) < 4.78 is 19.1. The highest BCUT2D eigenvalue weighted by molar-refractivity contribution is 9.10. The second-order valence-corrected chi connectivity index (χ2v) is 6.98. The Morgan fingerprint density at radius 3 is 2.84 bits per heavy atom. The van der Waals surface area contributed by atoms with Gasteiger partial charge in [-0.05, 0) is 46.3 Å². The molecule has 0 spiro atoms. The molecule has 0 unspecified atom stereocenters. The summed E-state index contributed by atoms with van der Waals surface area (Å²) in [5.74, 6) is -0.328. The minimum atomic E-state index is -0.432. The zero-order chi connectivity index (χ0) is 17.4. The van der Waals surface area contributed by atoms with Crippen molar-refractivity contribution < 1.29 is 8.81 Å². The number of halogens is 2. The molecule has 0 amide bonds. The summed E-state index contributed by atoms with van der Waals surface area (Å²) in [7, 11) is 0. The number of thiazole rings is 1. The first-order chi connectivity index (χ1) is 12.1. The monoisotopic (exact) mass is 416 g/mol. The maximum atomic E-state index is 13.2. The van der Waals surface area contributed by atoms with Gasteiger partial charge in [0.25, 0.3) is 0 Å². The van der Waals surface area contributed by atoms with E-state index in [0.717, 1.165) is 5.39 Å². The molecule has 0 fully saturated rings. The fourth-order valence-electron chi connectivity index (χ4n) is 2.40. The molecule has 0 radical (unpaired) electrons. The van der Waals surface area contributed by atoms with Gasteiger partial charge in [-0.15, -0.1) is 11.3 Å². The van der Waals surface area contributed by atoms with Crippen LogP contribution in [-0.4, -0.2) is 4.98 Å². The van der Waals surface area contributed by atoms with Crippen LogP contribution < -0.4 is 10.9 Å². The molecule has 0 aliphatic rings. The first-order valence-corrected chi connectivity index (χ1v) is 8.98. The van der Waals surface area contributed by atoms with Crippen molar-refractivity contribution in [1.82, 2.24) is 4.98 Å². The van der Waals surface area contributed by atoms with Crippen molar-refractivity contribution in [3.8, 4) is 11.3 Å². The summed E-state index contributed by atoms with van der Waals surface area (Å²) in [6.07, 6.45) is 0. The molecule has 4 rings (SSSR count). The van der Waals surface area contributed by atoms with Crippen LogP contribution in [-0.2, 0) is 0 Å². The molecule has 4 nitrogen and oxygen atoms in total. The summed E-state index contributed by atoms with van der Waals surface area (Å²) in [4.78, 5) is 16.7. The number of benzene rings is 2. The summed E-state index contributed by atoms with van der Waals surface area (Å²) in [6.45, 7) is 0. The number of anilines is 2. The van der Waals surface area contributed by atoms with E-state index < -0.39 is 5.63 Å². The van der Waals surface area contributed by atoms with Gasteiger partial charge in [0.05, 0.1) is 16.9 Å². The third-order valence-electron chi connectivity index (χ3n) is 3.59. The lowest BCUT2D eigenvalue weighted by Crippen LogP contribution is -2.03. The maximum absolute atomic E-state index is 13.2. The Kier molecular flexibility index (Phi) is 4.10. The molecule has 7 heteroatoms. The average molecular weight is 417 g/mol. The summed E-state index contributed by atoms with van der Waals surface area (Å²) >= 11 is 4.65. The van der Waals surface area contributed by atoms with Gasteiger partial charge in [-0.25, -0.2) is 14.2 Å². The third kappa shape index (κ3) is 3.20. The van der Waals surface area contributed by atoms with Crippen molar-refractivity contribution in [1.29, 1.82) is 0 Å². The van der Waals surface area contributed by atoms with Crippen LogP contribution in [0.4, 0.5) is 15.2 Å². The van der Waals surface area contributed by atoms with Crippen LogP contribution in [0.3, 0.4) is 0 Å². The van der Waals surface area contributed by atoms with E-state index in [4.69, 9.17) is 4.42 Å². The predicted molar refractivity (Wildman–Crippen MR) is 101 cm³/mol. The number of nitrogens with zero attached hydrogens (tertiary/aromatic N) is 1. The van der Waals surface area contributed by atoms with Gasteiger partial charge in [-0.2, -0.15) is 0 Å². The number of rotatable bonds is 3. The Hall–Kier alpha value is -2.51. The topological polar surface area (TPSA) is 55.1 Å². The Bertz CT molecular complexity index is 1140. The van der Waals surface area contributed by atoms with Crippen molar-refractivity contribution in [3.05, 3.63) is 74.6 Å². The lowest BCUT2D eigenvalue weighted by molar-refractivity contribution is 0.563. The van der Waals surface area contributed by atoms with Gasteiger partial charge in [-0.3, -0.25) is 0 Å². The van der Waals surface area contributed by atoms with Crippen LogP contribution in [0.2, 0.25) is 0 Å². The molecule has 0 atom stereocenters. The number of hydrogen-bond donors (Lipinski definition) is 1. The second kappa shape index (κ2) is 6.42. The van der Waals surface area contributed by atoms with E-state index in [-0.39, 0.29) is 5.82 Å². The lowest BCUT2D eigenvalue weighted by Gasteiger charge is -2.05. The number of aromatic nitrogens is 1. The van der Waals surface area contributed by atoms with E-state index in [0.29, 0.717) is 32.1 Å². The molecular formula is C18H10BrFN2O2S. The number of nitrogens with one attached hydrogen (secondary N) is 1. The Morgan fingerprint density at radius 1 is 1.16 bits per heavy atom. The van der Waals surface area contributed by atoms with Gasteiger partial charge in [0.2, 0.25) is 0 Å². The van der Waals surface area contributed by atoms with Gasteiger partial charge >= 0.3 is 5.63 Å². The molecule has 0 saturated heterocycles. The van der Waals surface area contributed by atoms with E-state index in [9.17, 15) is 9.18 Å². The molecule has 0 bridgehead atoms. The van der Waals surface area contributed by atoms with Crippen LogP contribution in [0.1, 0.15) is 0 Å². The van der Waals surface area contributed by atoms with Crippen molar-refractivity contribution >= 4 is 49.1 Å². The molecule has 4 aromatic rings. The summed E-state index contributed by atoms with van der Waals surface area (Å²) in [5.41, 5.74) is 1.73. The van der Waals surface area contributed by atoms with E-state index in [1.54, 1.807) is 23.6 Å². The highest BCUT2D eigenvalue weighted by Gasteiger charge is 2.12. The van der Waals surface area contributed by atoms with E-state index in [2.05, 4.69) is 26.2 Å². The largest absolute Gasteiger partial charge is 0.422 e. The molecule has 124 valence electrons. The van der Waals surface area contributed by atoms with Gasteiger partial charge in [0.15, 0.2) is 5.13 Å². The molecule has 1 N–H and O–H groups in total. The Morgan fingerprint density at radius 2 is 2.00 bits per heavy atom. The minimum absolute atomic E-state index is 0.328. The highest BCUT2D eigenvalue weighted by atomic mass is 79.9. The van der Waals surface area contributed by atoms with Crippen molar-refractivity contribution in [2.45, 2.75) is 0 Å². The number of para-hydroxylation sites is 1. The molecule has 2 heterocycles. The smallest absolute Gasteiger partial charge is 0.345 e. The fourth-order valence-corrected chi connectivity index (χ4v) is 3.57. The quantitative estimate of drug-likeness (QED) is 0.444. The van der Waals surface area contributed by atoms with Crippen molar-refractivity contribution in [2.75, 3.05) is 5.32 Å². The van der Waals surface area contributed by atoms with Crippen LogP contribution in [0.25, 0.3) is 22.2 Å². The molecule has 0 saturated carbocycles. The third-order valence-corrected chi connectivity index (χ3v) is 5.01. The van der Waals surface area contributed by atoms with Gasteiger partial charge in [0, 0.05) is 15.2 Å². The van der Waals surface area contributed by atoms with Crippen molar-refractivity contribution in [2.24, 2.45) is 0 Å². The number of fused-ring (bicyclic) bond motifs is 1. The van der Waals surface area contributed by atoms with Crippen LogP contribution >= 0.6 is 27.3 Å². The average Bonchev–Trinajstić information content (AvgIpc) is 3.05. The van der Waals surface area contributed by atoms with Crippen LogP contribution in [0.15, 0.2) is 67.6 Å². The standard InChI is InChI=1S/C18H10BrFN2O2S/c19-13-8-11(20)5-6-14(13)21-18-22-15(9-25-18)12-7-10-3-1-2-4-16(10)24-17(12)23/h1-9H,(H,21,22). The molecule has 0 aliphatic carbocycles. The number of hydrogen-bond acceptors (Lipinski definition) is 5. The zero-order valence-corrected chi connectivity index (χ0v) is 15.0. The molecule has 0 aliphatic heterocycles. The summed E-state index contributed by atoms with van der Waals surface area (Å²) in [5, 5.41) is 6.31. The first-order valence-electron chi connectivity index (χ1n) is 7.31. The lowest BCUT2D eigenvalue weighted by atomic mass is 10.1. The summed E-state index contributed by atoms with van der Waals surface area (Å²) in [6, 6.07) is 13.4. The Labute approximate surface area is 154 Å². The maximum Gasteiger partial charge on any atom is 0.345 e. The highest BCUT2D eigenvalue weighted by Crippen LogP contribution is 2.30. The van der Waals surface area contributed by atoms with Gasteiger partial charge in [-0.1, -0.05) is 18.2 Å². The van der Waals surface area contributed by atoms with E-state index in [1.165, 1.54) is 23.5 Å². The molecule has 25 heavy (non-hydrogen) atoms. The van der Waals surface area contributed by atoms with Crippen LogP contribution in [0.5, 0.6) is 0 Å². The van der Waals surface area contributed by atoms with Gasteiger partial charge < -0.3 is 9.73 Å². The normalized spacial score (nSPS) is 11.0. The van der Waals surface area contributed by atoms with E-state index in [1.807, 2.05) is 18.2 Å². The molecule has 2 aromatic heterocycles. The predicted octanol–water partition coefficient (Wildman–Crippen LogP) is 5.56. The SMILES string of the molecule is O=c1oc2ccccc2cc1-c1csc(Nc2ccc(F)cc2Br)n1.